The first-order valence-corrected chi connectivity index (χ1v) is 11.2. The van der Waals surface area contributed by atoms with Crippen LogP contribution in [0.3, 0.4) is 0 Å². The second-order valence-electron chi connectivity index (χ2n) is 8.53. The molecule has 0 aliphatic heterocycles. The summed E-state index contributed by atoms with van der Waals surface area (Å²) < 4.78 is 1.75. The van der Waals surface area contributed by atoms with E-state index in [4.69, 9.17) is 0 Å². The number of carbonyl (C=O) groups is 1. The molecule has 0 atom stereocenters. The summed E-state index contributed by atoms with van der Waals surface area (Å²) in [5.41, 5.74) is 7.81. The second kappa shape index (κ2) is 8.65. The van der Waals surface area contributed by atoms with Crippen LogP contribution in [0, 0.1) is 20.8 Å². The highest BCUT2D eigenvalue weighted by atomic mass is 16.2. The molecule has 4 rings (SSSR count). The van der Waals surface area contributed by atoms with Gasteiger partial charge in [0.25, 0.3) is 5.91 Å². The Hall–Kier alpha value is -3.75. The summed E-state index contributed by atoms with van der Waals surface area (Å²) in [7, 11) is 3.47. The van der Waals surface area contributed by atoms with E-state index in [0.29, 0.717) is 22.9 Å². The summed E-state index contributed by atoms with van der Waals surface area (Å²) in [6.45, 7) is 12.3. The summed E-state index contributed by atoms with van der Waals surface area (Å²) >= 11 is 0. The maximum absolute atomic E-state index is 13.0. The number of hydrogen-bond acceptors (Lipinski definition) is 5. The predicted octanol–water partition coefficient (Wildman–Crippen LogP) is 4.27. The number of rotatable bonds is 7. The van der Waals surface area contributed by atoms with E-state index in [1.54, 1.807) is 23.5 Å². The molecule has 0 aliphatic carbocycles. The molecule has 4 aromatic rings. The summed E-state index contributed by atoms with van der Waals surface area (Å²) in [6.07, 6.45) is 0. The molecule has 3 aromatic heterocycles. The Labute approximate surface area is 193 Å². The molecular formula is C24H32N8O. The zero-order chi connectivity index (χ0) is 23.9. The number of H-pyrrole nitrogens is 2. The Morgan fingerprint density at radius 2 is 1.79 bits per heavy atom. The first kappa shape index (κ1) is 22.4. The van der Waals surface area contributed by atoms with Gasteiger partial charge in [-0.2, -0.15) is 0 Å². The minimum absolute atomic E-state index is 0.148. The lowest BCUT2D eigenvalue weighted by atomic mass is 10.1. The van der Waals surface area contributed by atoms with Crippen LogP contribution in [0.2, 0.25) is 0 Å². The van der Waals surface area contributed by atoms with E-state index < -0.39 is 0 Å². The molecular weight excluding hydrogens is 416 g/mol. The molecule has 3 N–H and O–H groups in total. The lowest BCUT2D eigenvalue weighted by molar-refractivity contribution is 0.0822. The van der Waals surface area contributed by atoms with Gasteiger partial charge in [-0.25, -0.2) is 4.52 Å². The lowest BCUT2D eigenvalue weighted by Crippen LogP contribution is -2.23. The van der Waals surface area contributed by atoms with Gasteiger partial charge in [0.1, 0.15) is 11.4 Å². The number of nitrogens with one attached hydrogen (secondary N) is 3. The van der Waals surface area contributed by atoms with E-state index in [9.17, 15) is 4.79 Å². The fraction of sp³-hybridized carbons (Fsp3) is 0.375. The zero-order valence-corrected chi connectivity index (χ0v) is 20.4. The smallest absolute Gasteiger partial charge is 0.273 e. The standard InChI is InChI=1S/C24H32N8O/c1-8-31(9-2)17-10-11-18(15(4)12-17)26-20-21(24(33)30(6)7)29-32-22(27-28-23(20)32)19-13-14(3)16(5)25-19/h10-13,25-26,29H,8-9H2,1-7H3. The minimum atomic E-state index is -0.148. The third kappa shape index (κ3) is 3.94. The molecule has 9 nitrogen and oxygen atoms in total. The van der Waals surface area contributed by atoms with Crippen LogP contribution in [-0.4, -0.2) is 62.8 Å². The van der Waals surface area contributed by atoms with E-state index in [1.165, 1.54) is 5.69 Å². The number of aromatic amines is 2. The van der Waals surface area contributed by atoms with Gasteiger partial charge in [-0.3, -0.25) is 9.89 Å². The van der Waals surface area contributed by atoms with E-state index in [1.807, 2.05) is 26.0 Å². The molecule has 33 heavy (non-hydrogen) atoms. The Morgan fingerprint density at radius 1 is 1.06 bits per heavy atom. The predicted molar refractivity (Wildman–Crippen MR) is 133 cm³/mol. The van der Waals surface area contributed by atoms with Crippen molar-refractivity contribution in [2.45, 2.75) is 34.6 Å². The molecule has 0 spiro atoms. The Morgan fingerprint density at radius 3 is 2.36 bits per heavy atom. The van der Waals surface area contributed by atoms with E-state index in [-0.39, 0.29) is 5.91 Å². The first-order chi connectivity index (χ1) is 15.7. The highest BCUT2D eigenvalue weighted by molar-refractivity contribution is 6.02. The largest absolute Gasteiger partial charge is 0.372 e. The monoisotopic (exact) mass is 448 g/mol. The van der Waals surface area contributed by atoms with Crippen LogP contribution in [0.1, 0.15) is 41.2 Å². The maximum atomic E-state index is 13.0. The molecule has 174 valence electrons. The van der Waals surface area contributed by atoms with E-state index in [0.717, 1.165) is 41.3 Å². The number of anilines is 3. The van der Waals surface area contributed by atoms with Crippen LogP contribution >= 0.6 is 0 Å². The number of aromatic nitrogens is 5. The summed E-state index contributed by atoms with van der Waals surface area (Å²) in [5.74, 6) is 0.473. The minimum Gasteiger partial charge on any atom is -0.372 e. The number of benzene rings is 1. The van der Waals surface area contributed by atoms with Gasteiger partial charge in [0, 0.05) is 44.3 Å². The van der Waals surface area contributed by atoms with Gasteiger partial charge in [-0.15, -0.1) is 10.2 Å². The molecule has 1 amide bonds. The van der Waals surface area contributed by atoms with Gasteiger partial charge in [-0.1, -0.05) is 0 Å². The molecule has 0 radical (unpaired) electrons. The zero-order valence-electron chi connectivity index (χ0n) is 20.4. The van der Waals surface area contributed by atoms with Crippen molar-refractivity contribution in [2.75, 3.05) is 37.4 Å². The molecule has 1 aromatic carbocycles. The Kier molecular flexibility index (Phi) is 5.88. The van der Waals surface area contributed by atoms with Gasteiger partial charge in [-0.05, 0) is 70.0 Å². The topological polar surface area (TPSA) is 97.3 Å². The fourth-order valence-electron chi connectivity index (χ4n) is 3.99. The average molecular weight is 449 g/mol. The summed E-state index contributed by atoms with van der Waals surface area (Å²) in [4.78, 5) is 20.2. The number of fused-ring (bicyclic) bond motifs is 1. The first-order valence-electron chi connectivity index (χ1n) is 11.2. The number of nitrogens with zero attached hydrogens (tertiary/aromatic N) is 5. The van der Waals surface area contributed by atoms with Crippen LogP contribution in [0.5, 0.6) is 0 Å². The van der Waals surface area contributed by atoms with E-state index in [2.05, 4.69) is 63.4 Å². The van der Waals surface area contributed by atoms with Gasteiger partial charge in [0.15, 0.2) is 5.82 Å². The van der Waals surface area contributed by atoms with E-state index >= 15 is 0 Å². The number of aryl methyl sites for hydroxylation is 3. The highest BCUT2D eigenvalue weighted by Gasteiger charge is 2.25. The second-order valence-corrected chi connectivity index (χ2v) is 8.53. The third-order valence-electron chi connectivity index (χ3n) is 6.09. The summed E-state index contributed by atoms with van der Waals surface area (Å²) in [6, 6.07) is 8.33. The Bertz CT molecular complexity index is 1290. The van der Waals surface area contributed by atoms with Crippen LogP contribution in [0.25, 0.3) is 17.2 Å². The average Bonchev–Trinajstić information content (AvgIpc) is 3.44. The molecule has 0 bridgehead atoms. The molecule has 0 saturated carbocycles. The number of amides is 1. The number of carbonyl (C=O) groups excluding carboxylic acids is 1. The van der Waals surface area contributed by atoms with Gasteiger partial charge < -0.3 is 20.1 Å². The molecule has 0 unspecified atom stereocenters. The highest BCUT2D eigenvalue weighted by Crippen LogP contribution is 2.32. The third-order valence-corrected chi connectivity index (χ3v) is 6.09. The molecule has 0 fully saturated rings. The van der Waals surface area contributed by atoms with Crippen molar-refractivity contribution in [3.63, 3.8) is 0 Å². The quantitative estimate of drug-likeness (QED) is 0.392. The van der Waals surface area contributed by atoms with Crippen LogP contribution in [0.4, 0.5) is 17.1 Å². The SMILES string of the molecule is CCN(CC)c1ccc(Nc2c(C(=O)N(C)C)[nH]n3c(-c4cc(C)c(C)[nH]4)nnc23)c(C)c1. The molecule has 9 heteroatoms. The van der Waals surface area contributed by atoms with Gasteiger partial charge in [0.05, 0.1) is 5.69 Å². The maximum Gasteiger partial charge on any atom is 0.273 e. The Balaban J connectivity index is 1.81. The van der Waals surface area contributed by atoms with Gasteiger partial charge in [0.2, 0.25) is 5.65 Å². The van der Waals surface area contributed by atoms with Crippen LogP contribution in [-0.2, 0) is 0 Å². The van der Waals surface area contributed by atoms with Crippen molar-refractivity contribution >= 4 is 28.6 Å². The lowest BCUT2D eigenvalue weighted by Gasteiger charge is -2.22. The summed E-state index contributed by atoms with van der Waals surface area (Å²) in [5, 5.41) is 15.5. The number of hydrogen-bond donors (Lipinski definition) is 3. The van der Waals surface area contributed by atoms with Gasteiger partial charge >= 0.3 is 0 Å². The molecule has 3 heterocycles. The van der Waals surface area contributed by atoms with Crippen LogP contribution in [0.15, 0.2) is 24.3 Å². The van der Waals surface area contributed by atoms with Crippen molar-refractivity contribution in [3.05, 3.63) is 46.8 Å². The van der Waals surface area contributed by atoms with Crippen LogP contribution < -0.4 is 10.2 Å². The van der Waals surface area contributed by atoms with Crippen molar-refractivity contribution in [1.29, 1.82) is 0 Å². The van der Waals surface area contributed by atoms with Crippen molar-refractivity contribution in [2.24, 2.45) is 0 Å². The molecule has 0 saturated heterocycles. The van der Waals surface area contributed by atoms with Crippen molar-refractivity contribution < 1.29 is 4.79 Å². The van der Waals surface area contributed by atoms with Crippen molar-refractivity contribution in [1.82, 2.24) is 29.7 Å². The molecule has 0 aliphatic rings. The van der Waals surface area contributed by atoms with Crippen molar-refractivity contribution in [3.8, 4) is 11.5 Å². The fourth-order valence-corrected chi connectivity index (χ4v) is 3.99. The normalized spacial score (nSPS) is 11.2.